The number of likely N-dealkylation sites (tertiary alicyclic amines) is 1. The van der Waals surface area contributed by atoms with E-state index in [1.165, 1.54) is 16.2 Å². The predicted octanol–water partition coefficient (Wildman–Crippen LogP) is 2.73. The minimum absolute atomic E-state index is 0.0510. The van der Waals surface area contributed by atoms with Crippen molar-refractivity contribution >= 4 is 34.2 Å². The number of carbonyl (C=O) groups excluding carboxylic acids is 3. The van der Waals surface area contributed by atoms with Crippen LogP contribution in [0.2, 0.25) is 0 Å². The van der Waals surface area contributed by atoms with Gasteiger partial charge in [-0.2, -0.15) is 0 Å². The van der Waals surface area contributed by atoms with Crippen LogP contribution < -0.4 is 10.1 Å². The van der Waals surface area contributed by atoms with Gasteiger partial charge >= 0.3 is 0 Å². The van der Waals surface area contributed by atoms with Crippen molar-refractivity contribution in [3.05, 3.63) is 47.0 Å². The summed E-state index contributed by atoms with van der Waals surface area (Å²) in [7, 11) is 1.57. The van der Waals surface area contributed by atoms with Crippen molar-refractivity contribution in [1.29, 1.82) is 0 Å². The maximum atomic E-state index is 13.4. The lowest BCUT2D eigenvalue weighted by molar-refractivity contribution is -0.144. The lowest BCUT2D eigenvalue weighted by Gasteiger charge is -2.28. The number of aryl methyl sites for hydroxylation is 1. The van der Waals surface area contributed by atoms with E-state index < -0.39 is 6.04 Å². The molecule has 1 saturated carbocycles. The van der Waals surface area contributed by atoms with E-state index in [2.05, 4.69) is 27.7 Å². The zero-order valence-electron chi connectivity index (χ0n) is 17.1. The molecule has 2 fully saturated rings. The Kier molecular flexibility index (Phi) is 4.85. The highest BCUT2D eigenvalue weighted by atomic mass is 32.1. The van der Waals surface area contributed by atoms with Crippen molar-refractivity contribution < 1.29 is 19.1 Å². The Morgan fingerprint density at radius 2 is 1.81 bits per heavy atom. The Bertz CT molecular complexity index is 1050. The Morgan fingerprint density at radius 3 is 2.35 bits per heavy atom. The van der Waals surface area contributed by atoms with Gasteiger partial charge in [0.25, 0.3) is 0 Å². The zero-order valence-corrected chi connectivity index (χ0v) is 18.0. The maximum Gasteiger partial charge on any atom is 0.234 e. The third-order valence-corrected chi connectivity index (χ3v) is 7.22. The summed E-state index contributed by atoms with van der Waals surface area (Å²) in [4.78, 5) is 40.9. The molecule has 3 amide bonds. The van der Waals surface area contributed by atoms with Gasteiger partial charge in [-0.05, 0) is 42.9 Å². The molecule has 2 bridgehead atoms. The molecule has 160 valence electrons. The SMILES string of the molecule is COc1ccc(C(CC(=O)Nc2nnc(C)s2)N2C(=O)C3C4C=CC(C4)C3C2=O)cc1. The number of rotatable bonds is 6. The van der Waals surface area contributed by atoms with Gasteiger partial charge in [0.1, 0.15) is 10.8 Å². The fraction of sp³-hybridized carbons (Fsp3) is 0.409. The Morgan fingerprint density at radius 1 is 1.16 bits per heavy atom. The smallest absolute Gasteiger partial charge is 0.234 e. The van der Waals surface area contributed by atoms with E-state index in [0.29, 0.717) is 16.4 Å². The number of ether oxygens (including phenoxy) is 1. The van der Waals surface area contributed by atoms with Crippen LogP contribution in [0.3, 0.4) is 0 Å². The van der Waals surface area contributed by atoms with Gasteiger partial charge in [-0.3, -0.25) is 19.3 Å². The number of nitrogens with one attached hydrogen (secondary N) is 1. The van der Waals surface area contributed by atoms with Gasteiger partial charge < -0.3 is 10.1 Å². The van der Waals surface area contributed by atoms with Crippen molar-refractivity contribution in [1.82, 2.24) is 15.1 Å². The van der Waals surface area contributed by atoms with E-state index in [-0.39, 0.29) is 47.8 Å². The number of imide groups is 1. The largest absolute Gasteiger partial charge is 0.497 e. The standard InChI is InChI=1S/C22H22N4O4S/c1-11-24-25-22(31-11)23-17(27)10-16(12-5-7-15(30-2)8-6-12)26-20(28)18-13-3-4-14(9-13)19(18)21(26)29/h3-8,13-14,16,18-19H,9-10H2,1-2H3,(H,23,25,27). The molecule has 5 rings (SSSR count). The minimum atomic E-state index is -0.690. The fourth-order valence-electron chi connectivity index (χ4n) is 5.11. The summed E-state index contributed by atoms with van der Waals surface area (Å²) in [6.45, 7) is 1.80. The second kappa shape index (κ2) is 7.56. The predicted molar refractivity (Wildman–Crippen MR) is 113 cm³/mol. The van der Waals surface area contributed by atoms with Crippen LogP contribution in [0.15, 0.2) is 36.4 Å². The average molecular weight is 439 g/mol. The summed E-state index contributed by atoms with van der Waals surface area (Å²) in [5.41, 5.74) is 0.714. The van der Waals surface area contributed by atoms with Gasteiger partial charge in [-0.25, -0.2) is 0 Å². The lowest BCUT2D eigenvalue weighted by atomic mass is 9.85. The number of hydrogen-bond donors (Lipinski definition) is 1. The van der Waals surface area contributed by atoms with Gasteiger partial charge in [0.15, 0.2) is 0 Å². The molecule has 9 heteroatoms. The van der Waals surface area contributed by atoms with Crippen LogP contribution in [0.5, 0.6) is 5.75 Å². The molecule has 1 N–H and O–H groups in total. The van der Waals surface area contributed by atoms with Crippen molar-refractivity contribution in [2.75, 3.05) is 12.4 Å². The number of amides is 3. The lowest BCUT2D eigenvalue weighted by Crippen LogP contribution is -2.38. The Balaban J connectivity index is 1.44. The van der Waals surface area contributed by atoms with Crippen LogP contribution >= 0.6 is 11.3 Å². The molecule has 0 spiro atoms. The molecule has 1 aromatic heterocycles. The summed E-state index contributed by atoms with van der Waals surface area (Å²) in [5.74, 6) is -0.392. The van der Waals surface area contributed by atoms with Crippen molar-refractivity contribution in [2.45, 2.75) is 25.8 Å². The first-order valence-corrected chi connectivity index (χ1v) is 11.1. The van der Waals surface area contributed by atoms with E-state index in [1.54, 1.807) is 38.3 Å². The molecule has 5 unspecified atom stereocenters. The van der Waals surface area contributed by atoms with Gasteiger partial charge in [-0.15, -0.1) is 10.2 Å². The number of fused-ring (bicyclic) bond motifs is 5. The summed E-state index contributed by atoms with van der Waals surface area (Å²) < 4.78 is 5.23. The highest BCUT2D eigenvalue weighted by Crippen LogP contribution is 2.54. The molecular weight excluding hydrogens is 416 g/mol. The highest BCUT2D eigenvalue weighted by Gasteiger charge is 2.60. The van der Waals surface area contributed by atoms with Gasteiger partial charge in [0.05, 0.1) is 31.4 Å². The Labute approximate surface area is 183 Å². The van der Waals surface area contributed by atoms with Crippen LogP contribution in [0.1, 0.15) is 29.5 Å². The second-order valence-electron chi connectivity index (χ2n) is 8.21. The molecule has 3 aliphatic rings. The molecule has 8 nitrogen and oxygen atoms in total. The third kappa shape index (κ3) is 3.33. The molecule has 0 radical (unpaired) electrons. The van der Waals surface area contributed by atoms with Crippen LogP contribution in [0.25, 0.3) is 0 Å². The number of allylic oxidation sites excluding steroid dienone is 2. The van der Waals surface area contributed by atoms with E-state index in [4.69, 9.17) is 4.74 Å². The molecule has 1 aliphatic heterocycles. The molecule has 5 atom stereocenters. The van der Waals surface area contributed by atoms with E-state index in [9.17, 15) is 14.4 Å². The first kappa shape index (κ1) is 19.9. The van der Waals surface area contributed by atoms with Crippen LogP contribution in [0, 0.1) is 30.6 Å². The number of nitrogens with zero attached hydrogens (tertiary/aromatic N) is 3. The topological polar surface area (TPSA) is 101 Å². The van der Waals surface area contributed by atoms with Crippen LogP contribution in [-0.2, 0) is 14.4 Å². The molecule has 1 aromatic carbocycles. The average Bonchev–Trinajstić information content (AvgIpc) is 3.52. The summed E-state index contributed by atoms with van der Waals surface area (Å²) >= 11 is 1.27. The second-order valence-corrected chi connectivity index (χ2v) is 9.40. The van der Waals surface area contributed by atoms with Crippen molar-refractivity contribution in [2.24, 2.45) is 23.7 Å². The van der Waals surface area contributed by atoms with Gasteiger partial charge in [0, 0.05) is 0 Å². The zero-order chi connectivity index (χ0) is 21.7. The van der Waals surface area contributed by atoms with Gasteiger partial charge in [-0.1, -0.05) is 35.6 Å². The monoisotopic (exact) mass is 438 g/mol. The first-order chi connectivity index (χ1) is 15.0. The molecule has 1 saturated heterocycles. The molecular formula is C22H22N4O4S. The normalized spacial score (nSPS) is 27.0. The number of aromatic nitrogens is 2. The number of benzene rings is 1. The number of methoxy groups -OCH3 is 1. The summed E-state index contributed by atoms with van der Waals surface area (Å²) in [6, 6.07) is 6.45. The number of hydrogen-bond acceptors (Lipinski definition) is 7. The van der Waals surface area contributed by atoms with Crippen LogP contribution in [-0.4, -0.2) is 39.9 Å². The quantitative estimate of drug-likeness (QED) is 0.550. The van der Waals surface area contributed by atoms with Crippen molar-refractivity contribution in [3.8, 4) is 5.75 Å². The third-order valence-electron chi connectivity index (χ3n) is 6.47. The highest BCUT2D eigenvalue weighted by molar-refractivity contribution is 7.15. The van der Waals surface area contributed by atoms with E-state index in [1.807, 2.05) is 0 Å². The summed E-state index contributed by atoms with van der Waals surface area (Å²) in [5, 5.41) is 11.7. The van der Waals surface area contributed by atoms with Crippen molar-refractivity contribution in [3.63, 3.8) is 0 Å². The minimum Gasteiger partial charge on any atom is -0.497 e. The Hall–Kier alpha value is -3.07. The van der Waals surface area contributed by atoms with E-state index >= 15 is 0 Å². The van der Waals surface area contributed by atoms with Gasteiger partial charge in [0.2, 0.25) is 22.9 Å². The van der Waals surface area contributed by atoms with E-state index in [0.717, 1.165) is 11.4 Å². The molecule has 2 heterocycles. The van der Waals surface area contributed by atoms with Crippen LogP contribution in [0.4, 0.5) is 5.13 Å². The molecule has 2 aliphatic carbocycles. The molecule has 31 heavy (non-hydrogen) atoms. The number of carbonyl (C=O) groups is 3. The first-order valence-electron chi connectivity index (χ1n) is 10.3. The maximum absolute atomic E-state index is 13.4. The number of anilines is 1. The summed E-state index contributed by atoms with van der Waals surface area (Å²) in [6.07, 6.45) is 4.94. The molecule has 2 aromatic rings. The fourth-order valence-corrected chi connectivity index (χ4v) is 5.72.